The standard InChI is InChI=1S/C21H34FN5O3/c1-4-17(30-19-8-6-5-7-18(19)22)15-24-21(25-16-20(28)26(2)3)23-9-10-27-11-13-29-14-12-27/h5-8,17H,4,9-16H2,1-3H3,(H2,23,24,25). The summed E-state index contributed by atoms with van der Waals surface area (Å²) in [4.78, 5) is 20.1. The number of morpholine rings is 1. The summed E-state index contributed by atoms with van der Waals surface area (Å²) >= 11 is 0. The number of amides is 1. The molecule has 1 aliphatic rings. The molecule has 1 atom stereocenters. The number of halogens is 1. The van der Waals surface area contributed by atoms with Gasteiger partial charge in [0.25, 0.3) is 0 Å². The summed E-state index contributed by atoms with van der Waals surface area (Å²) in [6.45, 7) is 7.33. The number of hydrogen-bond donors (Lipinski definition) is 2. The molecule has 168 valence electrons. The van der Waals surface area contributed by atoms with Gasteiger partial charge in [-0.2, -0.15) is 0 Å². The molecule has 0 aromatic heterocycles. The first-order chi connectivity index (χ1) is 14.5. The van der Waals surface area contributed by atoms with Crippen molar-refractivity contribution in [2.75, 3.05) is 66.6 Å². The van der Waals surface area contributed by atoms with E-state index in [-0.39, 0.29) is 30.1 Å². The molecule has 1 aromatic rings. The van der Waals surface area contributed by atoms with Crippen molar-refractivity contribution in [3.05, 3.63) is 30.1 Å². The Morgan fingerprint density at radius 2 is 2.03 bits per heavy atom. The predicted molar refractivity (Wildman–Crippen MR) is 115 cm³/mol. The fraction of sp³-hybridized carbons (Fsp3) is 0.619. The second kappa shape index (κ2) is 13.0. The molecule has 1 fully saturated rings. The molecule has 1 saturated heterocycles. The largest absolute Gasteiger partial charge is 0.486 e. The van der Waals surface area contributed by atoms with E-state index in [4.69, 9.17) is 9.47 Å². The Labute approximate surface area is 178 Å². The van der Waals surface area contributed by atoms with Crippen molar-refractivity contribution >= 4 is 11.9 Å². The van der Waals surface area contributed by atoms with Crippen LogP contribution in [0.2, 0.25) is 0 Å². The number of nitrogens with one attached hydrogen (secondary N) is 2. The molecule has 1 unspecified atom stereocenters. The second-order valence-electron chi connectivity index (χ2n) is 7.29. The second-order valence-corrected chi connectivity index (χ2v) is 7.29. The van der Waals surface area contributed by atoms with Crippen molar-refractivity contribution in [3.63, 3.8) is 0 Å². The summed E-state index contributed by atoms with van der Waals surface area (Å²) in [7, 11) is 3.40. The van der Waals surface area contributed by atoms with E-state index in [9.17, 15) is 9.18 Å². The summed E-state index contributed by atoms with van der Waals surface area (Å²) in [6, 6.07) is 6.36. The van der Waals surface area contributed by atoms with Gasteiger partial charge in [-0.3, -0.25) is 9.69 Å². The minimum atomic E-state index is -0.384. The van der Waals surface area contributed by atoms with Crippen LogP contribution in [0, 0.1) is 5.82 Å². The quantitative estimate of drug-likeness (QED) is 0.431. The van der Waals surface area contributed by atoms with Crippen LogP contribution in [-0.2, 0) is 9.53 Å². The fourth-order valence-electron chi connectivity index (χ4n) is 2.82. The first-order valence-corrected chi connectivity index (χ1v) is 10.4. The number of para-hydroxylation sites is 1. The first kappa shape index (κ1) is 23.9. The molecule has 0 radical (unpaired) electrons. The summed E-state index contributed by atoms with van der Waals surface area (Å²) < 4.78 is 25.0. The lowest BCUT2D eigenvalue weighted by Gasteiger charge is -2.27. The zero-order valence-electron chi connectivity index (χ0n) is 18.2. The van der Waals surface area contributed by atoms with Gasteiger partial charge < -0.3 is 25.0 Å². The number of carbonyl (C=O) groups excluding carboxylic acids is 1. The number of benzene rings is 1. The Kier molecular flexibility index (Phi) is 10.4. The molecule has 1 aromatic carbocycles. The van der Waals surface area contributed by atoms with E-state index in [0.29, 0.717) is 25.5 Å². The van der Waals surface area contributed by atoms with Crippen molar-refractivity contribution in [1.29, 1.82) is 0 Å². The lowest BCUT2D eigenvalue weighted by Crippen LogP contribution is -2.46. The third-order valence-corrected chi connectivity index (χ3v) is 4.78. The van der Waals surface area contributed by atoms with Gasteiger partial charge in [-0.25, -0.2) is 9.38 Å². The number of ether oxygens (including phenoxy) is 2. The molecule has 1 heterocycles. The zero-order valence-corrected chi connectivity index (χ0v) is 18.2. The molecule has 9 heteroatoms. The van der Waals surface area contributed by atoms with E-state index in [1.54, 1.807) is 32.3 Å². The number of hydrogen-bond acceptors (Lipinski definition) is 5. The van der Waals surface area contributed by atoms with Gasteiger partial charge in [-0.15, -0.1) is 0 Å². The average Bonchev–Trinajstić information content (AvgIpc) is 2.75. The highest BCUT2D eigenvalue weighted by molar-refractivity contribution is 5.84. The topological polar surface area (TPSA) is 78.4 Å². The number of likely N-dealkylation sites (N-methyl/N-ethyl adjacent to an activating group) is 1. The van der Waals surface area contributed by atoms with Crippen molar-refractivity contribution < 1.29 is 18.7 Å². The van der Waals surface area contributed by atoms with Gasteiger partial charge in [0.1, 0.15) is 12.6 Å². The lowest BCUT2D eigenvalue weighted by atomic mass is 10.2. The third-order valence-electron chi connectivity index (χ3n) is 4.78. The van der Waals surface area contributed by atoms with Gasteiger partial charge in [0.05, 0.1) is 19.8 Å². The van der Waals surface area contributed by atoms with Gasteiger partial charge >= 0.3 is 0 Å². The molecule has 2 rings (SSSR count). The van der Waals surface area contributed by atoms with Gasteiger partial charge in [0, 0.05) is 40.3 Å². The highest BCUT2D eigenvalue weighted by Gasteiger charge is 2.14. The molecule has 0 bridgehead atoms. The van der Waals surface area contributed by atoms with Gasteiger partial charge in [-0.1, -0.05) is 19.1 Å². The molecule has 2 N–H and O–H groups in total. The maximum Gasteiger partial charge on any atom is 0.243 e. The van der Waals surface area contributed by atoms with Crippen LogP contribution in [0.25, 0.3) is 0 Å². The Balaban J connectivity index is 1.90. The molecule has 0 saturated carbocycles. The monoisotopic (exact) mass is 423 g/mol. The first-order valence-electron chi connectivity index (χ1n) is 10.4. The third kappa shape index (κ3) is 8.54. The van der Waals surface area contributed by atoms with E-state index in [1.807, 2.05) is 6.92 Å². The maximum atomic E-state index is 13.9. The number of rotatable bonds is 10. The number of aliphatic imine (C=N–C) groups is 1. The Morgan fingerprint density at radius 3 is 2.70 bits per heavy atom. The van der Waals surface area contributed by atoms with Crippen LogP contribution < -0.4 is 15.4 Å². The Bertz CT molecular complexity index is 680. The molecule has 0 aliphatic carbocycles. The maximum absolute atomic E-state index is 13.9. The highest BCUT2D eigenvalue weighted by atomic mass is 19.1. The Morgan fingerprint density at radius 1 is 1.30 bits per heavy atom. The van der Waals surface area contributed by atoms with Crippen LogP contribution in [0.1, 0.15) is 13.3 Å². The van der Waals surface area contributed by atoms with Crippen LogP contribution in [0.4, 0.5) is 4.39 Å². The van der Waals surface area contributed by atoms with Crippen LogP contribution in [0.3, 0.4) is 0 Å². The molecular weight excluding hydrogens is 389 g/mol. The van der Waals surface area contributed by atoms with Crippen molar-refractivity contribution in [2.24, 2.45) is 4.99 Å². The minimum absolute atomic E-state index is 0.0465. The van der Waals surface area contributed by atoms with E-state index in [2.05, 4.69) is 20.5 Å². The van der Waals surface area contributed by atoms with Crippen molar-refractivity contribution in [3.8, 4) is 5.75 Å². The smallest absolute Gasteiger partial charge is 0.243 e. The normalized spacial score (nSPS) is 16.1. The summed E-state index contributed by atoms with van der Waals surface area (Å²) in [5.74, 6) is 0.297. The average molecular weight is 424 g/mol. The minimum Gasteiger partial charge on any atom is -0.486 e. The van der Waals surface area contributed by atoms with Crippen LogP contribution in [-0.4, -0.2) is 94.3 Å². The van der Waals surface area contributed by atoms with E-state index in [0.717, 1.165) is 32.8 Å². The highest BCUT2D eigenvalue weighted by Crippen LogP contribution is 2.17. The number of carbonyl (C=O) groups is 1. The summed E-state index contributed by atoms with van der Waals surface area (Å²) in [5, 5.41) is 6.49. The van der Waals surface area contributed by atoms with Crippen LogP contribution in [0.15, 0.2) is 29.3 Å². The van der Waals surface area contributed by atoms with Crippen LogP contribution in [0.5, 0.6) is 5.75 Å². The zero-order chi connectivity index (χ0) is 21.8. The number of nitrogens with zero attached hydrogens (tertiary/aromatic N) is 3. The molecular formula is C21H34FN5O3. The van der Waals surface area contributed by atoms with E-state index in [1.165, 1.54) is 11.0 Å². The van der Waals surface area contributed by atoms with Crippen molar-refractivity contribution in [2.45, 2.75) is 19.4 Å². The SMILES string of the molecule is CCC(CNC(=NCC(=O)N(C)C)NCCN1CCOCC1)Oc1ccccc1F. The lowest BCUT2D eigenvalue weighted by molar-refractivity contribution is -0.127. The van der Waals surface area contributed by atoms with Crippen molar-refractivity contribution in [1.82, 2.24) is 20.4 Å². The van der Waals surface area contributed by atoms with Crippen LogP contribution >= 0.6 is 0 Å². The van der Waals surface area contributed by atoms with Gasteiger partial charge in [-0.05, 0) is 18.6 Å². The molecule has 0 spiro atoms. The predicted octanol–water partition coefficient (Wildman–Crippen LogP) is 0.939. The summed E-state index contributed by atoms with van der Waals surface area (Å²) in [5.41, 5.74) is 0. The molecule has 1 amide bonds. The fourth-order valence-corrected chi connectivity index (χ4v) is 2.82. The van der Waals surface area contributed by atoms with Gasteiger partial charge in [0.2, 0.25) is 5.91 Å². The summed E-state index contributed by atoms with van der Waals surface area (Å²) in [6.07, 6.45) is 0.455. The number of guanidine groups is 1. The Hall–Kier alpha value is -2.39. The molecule has 30 heavy (non-hydrogen) atoms. The van der Waals surface area contributed by atoms with E-state index < -0.39 is 0 Å². The van der Waals surface area contributed by atoms with Gasteiger partial charge in [0.15, 0.2) is 17.5 Å². The van der Waals surface area contributed by atoms with E-state index >= 15 is 0 Å². The molecule has 1 aliphatic heterocycles. The molecule has 8 nitrogen and oxygen atoms in total.